The molecular formula is C37H40N2O7. The minimum atomic E-state index is -0.681. The van der Waals surface area contributed by atoms with E-state index in [4.69, 9.17) is 14.2 Å². The number of phenols is 3. The smallest absolute Gasteiger partial charge is 0.220 e. The van der Waals surface area contributed by atoms with E-state index >= 15 is 0 Å². The number of ether oxygens (including phenoxy) is 3. The summed E-state index contributed by atoms with van der Waals surface area (Å²) in [5.41, 5.74) is 6.48. The highest BCUT2D eigenvalue weighted by molar-refractivity contribution is 6.05. The molecule has 2 aliphatic heterocycles. The molecule has 9 heteroatoms. The van der Waals surface area contributed by atoms with Gasteiger partial charge in [-0.3, -0.25) is 14.6 Å². The first-order chi connectivity index (χ1) is 22.2. The van der Waals surface area contributed by atoms with Crippen molar-refractivity contribution < 1.29 is 34.3 Å². The van der Waals surface area contributed by atoms with Crippen molar-refractivity contribution in [3.8, 4) is 28.7 Å². The third-order valence-electron chi connectivity index (χ3n) is 10.6. The number of fused-ring (bicyclic) bond motifs is 2. The summed E-state index contributed by atoms with van der Waals surface area (Å²) in [6.45, 7) is 2.16. The molecule has 46 heavy (non-hydrogen) atoms. The first-order valence-corrected chi connectivity index (χ1v) is 15.7. The molecule has 0 spiro atoms. The van der Waals surface area contributed by atoms with Crippen molar-refractivity contribution in [2.75, 3.05) is 41.5 Å². The fourth-order valence-electron chi connectivity index (χ4n) is 8.22. The van der Waals surface area contributed by atoms with Crippen LogP contribution in [0.25, 0.3) is 0 Å². The van der Waals surface area contributed by atoms with Gasteiger partial charge in [0.2, 0.25) is 5.78 Å². The maximum atomic E-state index is 13.0. The van der Waals surface area contributed by atoms with Crippen molar-refractivity contribution in [3.63, 3.8) is 0 Å². The van der Waals surface area contributed by atoms with Gasteiger partial charge in [-0.25, -0.2) is 0 Å². The van der Waals surface area contributed by atoms with Crippen LogP contribution in [0.1, 0.15) is 45.8 Å². The molecule has 0 unspecified atom stereocenters. The standard InChI is InChI=1S/C37H40N2O7/c1-38-12-10-37-19-34(46-4)31(42)18-27(37)29(38)16-26-23(15-33(45-3)36(43)35(26)37)20-39-11-9-22-14-32(44-2)30(41)17-25(22)28(39)13-21-5-7-24(40)8-6-21/h5-8,14-15,17-19,28-29,40-41,43H,9-13,16,20H2,1-4H3/t28-,29+,37-/m1/s1. The van der Waals surface area contributed by atoms with Crippen molar-refractivity contribution in [1.82, 2.24) is 9.80 Å². The number of likely N-dealkylation sites (N-methyl/N-ethyl adjacent to an activating group) is 1. The van der Waals surface area contributed by atoms with Gasteiger partial charge in [0.1, 0.15) is 5.75 Å². The second kappa shape index (κ2) is 11.4. The number of phenolic OH excluding ortho intramolecular Hbond substituents is 3. The minimum absolute atomic E-state index is 0.00527. The number of hydrogen-bond donors (Lipinski definition) is 3. The van der Waals surface area contributed by atoms with Gasteiger partial charge in [-0.2, -0.15) is 0 Å². The van der Waals surface area contributed by atoms with Gasteiger partial charge >= 0.3 is 0 Å². The third-order valence-corrected chi connectivity index (χ3v) is 10.6. The molecule has 2 aliphatic carbocycles. The number of piperidine rings is 1. The molecule has 3 aromatic rings. The molecule has 0 amide bonds. The van der Waals surface area contributed by atoms with E-state index in [1.165, 1.54) is 7.11 Å². The van der Waals surface area contributed by atoms with Gasteiger partial charge in [0, 0.05) is 36.2 Å². The van der Waals surface area contributed by atoms with Crippen LogP contribution >= 0.6 is 0 Å². The average molecular weight is 625 g/mol. The number of rotatable bonds is 7. The summed E-state index contributed by atoms with van der Waals surface area (Å²) in [6, 6.07) is 12.9. The van der Waals surface area contributed by atoms with Crippen molar-refractivity contribution in [2.24, 2.45) is 0 Å². The van der Waals surface area contributed by atoms with Gasteiger partial charge in [0.05, 0.1) is 21.3 Å². The van der Waals surface area contributed by atoms with E-state index in [9.17, 15) is 20.1 Å². The van der Waals surface area contributed by atoms with Gasteiger partial charge in [-0.1, -0.05) is 12.1 Å². The lowest BCUT2D eigenvalue weighted by Gasteiger charge is -2.53. The zero-order chi connectivity index (χ0) is 32.3. The van der Waals surface area contributed by atoms with E-state index in [0.29, 0.717) is 43.1 Å². The van der Waals surface area contributed by atoms with Crippen LogP contribution < -0.4 is 9.47 Å². The first kappa shape index (κ1) is 30.2. The molecule has 240 valence electrons. The molecular weight excluding hydrogens is 584 g/mol. The quantitative estimate of drug-likeness (QED) is 0.345. The SMILES string of the molecule is COC1=C[C@@]23CCN(C)[C@@H](Cc4c(CN5CCc6cc(OC)c(O)cc6[C@H]5Cc5ccc(O)cc5)cc(OC)c(O)c42)C3=CC1=O. The van der Waals surface area contributed by atoms with E-state index in [2.05, 4.69) is 16.8 Å². The Bertz CT molecular complexity index is 1780. The van der Waals surface area contributed by atoms with Gasteiger partial charge < -0.3 is 29.5 Å². The second-order valence-corrected chi connectivity index (χ2v) is 12.9. The summed E-state index contributed by atoms with van der Waals surface area (Å²) in [5.74, 6) is 1.43. The average Bonchev–Trinajstić information content (AvgIpc) is 3.05. The molecule has 2 heterocycles. The first-order valence-electron chi connectivity index (χ1n) is 15.7. The Hall–Kier alpha value is -4.47. The zero-order valence-electron chi connectivity index (χ0n) is 26.7. The maximum absolute atomic E-state index is 13.0. The Morgan fingerprint density at radius 3 is 2.43 bits per heavy atom. The van der Waals surface area contributed by atoms with Crippen LogP contribution in [-0.4, -0.2) is 78.4 Å². The summed E-state index contributed by atoms with van der Waals surface area (Å²) in [6.07, 6.45) is 6.44. The van der Waals surface area contributed by atoms with Crippen LogP contribution in [0.5, 0.6) is 28.7 Å². The van der Waals surface area contributed by atoms with Crippen molar-refractivity contribution in [2.45, 2.75) is 49.7 Å². The molecule has 3 atom stereocenters. The van der Waals surface area contributed by atoms with Crippen molar-refractivity contribution in [1.29, 1.82) is 0 Å². The lowest BCUT2D eigenvalue weighted by Crippen LogP contribution is -2.54. The molecule has 0 aromatic heterocycles. The number of ketones is 1. The van der Waals surface area contributed by atoms with Gasteiger partial charge in [0.25, 0.3) is 0 Å². The normalized spacial score (nSPS) is 23.9. The van der Waals surface area contributed by atoms with E-state index < -0.39 is 5.41 Å². The summed E-state index contributed by atoms with van der Waals surface area (Å²) < 4.78 is 16.8. The predicted molar refractivity (Wildman–Crippen MR) is 173 cm³/mol. The predicted octanol–water partition coefficient (Wildman–Crippen LogP) is 4.70. The number of benzene rings is 3. The fourth-order valence-corrected chi connectivity index (χ4v) is 8.22. The molecule has 2 bridgehead atoms. The van der Waals surface area contributed by atoms with Crippen molar-refractivity contribution in [3.05, 3.63) is 99.3 Å². The Balaban J connectivity index is 1.36. The van der Waals surface area contributed by atoms with Crippen LogP contribution in [0, 0.1) is 0 Å². The second-order valence-electron chi connectivity index (χ2n) is 12.9. The van der Waals surface area contributed by atoms with Crippen LogP contribution in [0.2, 0.25) is 0 Å². The highest BCUT2D eigenvalue weighted by Gasteiger charge is 2.53. The van der Waals surface area contributed by atoms with Gasteiger partial charge in [-0.15, -0.1) is 0 Å². The number of likely N-dealkylation sites (tertiary alicyclic amines) is 1. The molecule has 1 saturated heterocycles. The van der Waals surface area contributed by atoms with Crippen LogP contribution in [0.15, 0.2) is 65.9 Å². The lowest BCUT2D eigenvalue weighted by atomic mass is 9.58. The summed E-state index contributed by atoms with van der Waals surface area (Å²) in [7, 11) is 6.75. The summed E-state index contributed by atoms with van der Waals surface area (Å²) in [4.78, 5) is 17.7. The van der Waals surface area contributed by atoms with E-state index in [-0.39, 0.29) is 35.1 Å². The molecule has 9 nitrogen and oxygen atoms in total. The molecule has 0 radical (unpaired) electrons. The fraction of sp³-hybridized carbons (Fsp3) is 0.378. The number of nitrogens with zero attached hydrogens (tertiary/aromatic N) is 2. The number of allylic oxidation sites excluding steroid dienone is 2. The summed E-state index contributed by atoms with van der Waals surface area (Å²) >= 11 is 0. The van der Waals surface area contributed by atoms with E-state index in [1.807, 2.05) is 36.4 Å². The highest BCUT2D eigenvalue weighted by Crippen LogP contribution is 2.57. The number of hydrogen-bond acceptors (Lipinski definition) is 9. The van der Waals surface area contributed by atoms with E-state index in [0.717, 1.165) is 58.5 Å². The number of methoxy groups -OCH3 is 3. The Morgan fingerprint density at radius 2 is 1.72 bits per heavy atom. The topological polar surface area (TPSA) is 112 Å². The van der Waals surface area contributed by atoms with Gasteiger partial charge in [-0.05, 0) is 115 Å². The molecule has 3 aromatic carbocycles. The van der Waals surface area contributed by atoms with E-state index in [1.54, 1.807) is 32.4 Å². The number of aromatic hydroxyl groups is 3. The van der Waals surface area contributed by atoms with Crippen molar-refractivity contribution >= 4 is 5.78 Å². The zero-order valence-corrected chi connectivity index (χ0v) is 26.7. The van der Waals surface area contributed by atoms with Crippen LogP contribution in [0.3, 0.4) is 0 Å². The molecule has 7 rings (SSSR count). The monoisotopic (exact) mass is 624 g/mol. The van der Waals surface area contributed by atoms with Crippen LogP contribution in [0.4, 0.5) is 0 Å². The highest BCUT2D eigenvalue weighted by atomic mass is 16.5. The lowest BCUT2D eigenvalue weighted by molar-refractivity contribution is -0.114. The molecule has 0 saturated carbocycles. The molecule has 3 N–H and O–H groups in total. The third kappa shape index (κ3) is 4.72. The molecule has 4 aliphatic rings. The van der Waals surface area contributed by atoms with Gasteiger partial charge in [0.15, 0.2) is 28.8 Å². The Morgan fingerprint density at radius 1 is 0.957 bits per heavy atom. The van der Waals surface area contributed by atoms with Crippen LogP contribution in [-0.2, 0) is 40.8 Å². The number of carbonyl (C=O) groups is 1. The largest absolute Gasteiger partial charge is 0.508 e. The Kier molecular flexibility index (Phi) is 7.48. The number of carbonyl (C=O) groups excluding carboxylic acids is 1. The Labute approximate surface area is 268 Å². The minimum Gasteiger partial charge on any atom is -0.508 e. The summed E-state index contributed by atoms with van der Waals surface area (Å²) in [5, 5.41) is 32.6. The maximum Gasteiger partial charge on any atom is 0.220 e. The molecule has 1 fully saturated rings.